The Morgan fingerprint density at radius 2 is 1.00 bits per heavy atom. The fourth-order valence-corrected chi connectivity index (χ4v) is 6.95. The predicted octanol–water partition coefficient (Wildman–Crippen LogP) is 6.07. The summed E-state index contributed by atoms with van der Waals surface area (Å²) in [5.74, 6) is 4.79. The predicted molar refractivity (Wildman–Crippen MR) is 117 cm³/mol. The number of carbonyl (C=O) groups excluding carboxylic acids is 2. The molecular weight excluding hydrogens is 376 g/mol. The van der Waals surface area contributed by atoms with Gasteiger partial charge in [-0.3, -0.25) is 9.59 Å². The van der Waals surface area contributed by atoms with Gasteiger partial charge in [-0.2, -0.15) is 0 Å². The van der Waals surface area contributed by atoms with Crippen LogP contribution in [0, 0.1) is 35.5 Å². The molecule has 4 aliphatic carbocycles. The van der Waals surface area contributed by atoms with Crippen molar-refractivity contribution in [1.82, 2.24) is 0 Å². The molecule has 0 amide bonds. The lowest BCUT2D eigenvalue weighted by atomic mass is 9.89. The van der Waals surface area contributed by atoms with Crippen molar-refractivity contribution >= 4 is 11.9 Å². The Kier molecular flexibility index (Phi) is 8.12. The number of fused-ring (bicyclic) bond motifs is 4. The van der Waals surface area contributed by atoms with E-state index >= 15 is 0 Å². The van der Waals surface area contributed by atoms with Crippen molar-refractivity contribution in [3.8, 4) is 0 Å². The van der Waals surface area contributed by atoms with Crippen LogP contribution >= 0.6 is 0 Å². The van der Waals surface area contributed by atoms with Crippen molar-refractivity contribution in [2.24, 2.45) is 35.5 Å². The molecule has 0 saturated heterocycles. The standard InChI is InChI=1S/C26H42O4/c27-25(29-17-23-15-19-9-11-21(23)13-19)7-5-3-1-2-4-6-8-26(28)30-18-24-16-20-10-12-22(24)14-20/h19-24H,1-18H2. The van der Waals surface area contributed by atoms with Crippen LogP contribution in [0.1, 0.15) is 103 Å². The number of ether oxygens (including phenoxy) is 2. The first-order valence-corrected chi connectivity index (χ1v) is 13.0. The molecule has 0 spiro atoms. The van der Waals surface area contributed by atoms with E-state index in [0.29, 0.717) is 37.9 Å². The smallest absolute Gasteiger partial charge is 0.305 e. The average Bonchev–Trinajstić information content (AvgIpc) is 3.54. The third-order valence-corrected chi connectivity index (χ3v) is 8.70. The quantitative estimate of drug-likeness (QED) is 0.269. The van der Waals surface area contributed by atoms with E-state index in [0.717, 1.165) is 62.2 Å². The van der Waals surface area contributed by atoms with Gasteiger partial charge in [0, 0.05) is 12.8 Å². The minimum absolute atomic E-state index is 0.00370. The molecule has 0 aromatic carbocycles. The van der Waals surface area contributed by atoms with Crippen molar-refractivity contribution in [2.45, 2.75) is 103 Å². The molecule has 0 aliphatic heterocycles. The summed E-state index contributed by atoms with van der Waals surface area (Å²) in [4.78, 5) is 23.9. The van der Waals surface area contributed by atoms with Gasteiger partial charge in [-0.25, -0.2) is 0 Å². The Bertz CT molecular complexity index is 523. The zero-order chi connectivity index (χ0) is 20.8. The molecule has 0 heterocycles. The Morgan fingerprint density at radius 3 is 1.37 bits per heavy atom. The van der Waals surface area contributed by atoms with E-state index in [9.17, 15) is 9.59 Å². The van der Waals surface area contributed by atoms with E-state index < -0.39 is 0 Å². The van der Waals surface area contributed by atoms with Gasteiger partial charge < -0.3 is 9.47 Å². The van der Waals surface area contributed by atoms with Gasteiger partial charge >= 0.3 is 11.9 Å². The maximum Gasteiger partial charge on any atom is 0.305 e. The van der Waals surface area contributed by atoms with Gasteiger partial charge in [0.15, 0.2) is 0 Å². The van der Waals surface area contributed by atoms with E-state index in [1.54, 1.807) is 0 Å². The van der Waals surface area contributed by atoms with E-state index in [1.165, 1.54) is 51.4 Å². The van der Waals surface area contributed by atoms with E-state index in [4.69, 9.17) is 9.47 Å². The van der Waals surface area contributed by atoms with Crippen LogP contribution in [0.4, 0.5) is 0 Å². The summed E-state index contributed by atoms with van der Waals surface area (Å²) in [5, 5.41) is 0. The Labute approximate surface area is 182 Å². The summed E-state index contributed by atoms with van der Waals surface area (Å²) >= 11 is 0. The molecule has 4 nitrogen and oxygen atoms in total. The van der Waals surface area contributed by atoms with Gasteiger partial charge in [-0.1, -0.05) is 38.5 Å². The Morgan fingerprint density at radius 1 is 0.567 bits per heavy atom. The Hall–Kier alpha value is -1.06. The molecule has 4 aliphatic rings. The fourth-order valence-electron chi connectivity index (χ4n) is 6.95. The van der Waals surface area contributed by atoms with Crippen molar-refractivity contribution in [3.63, 3.8) is 0 Å². The number of esters is 2. The summed E-state index contributed by atoms with van der Waals surface area (Å²) in [6.07, 6.45) is 18.3. The highest BCUT2D eigenvalue weighted by atomic mass is 16.5. The average molecular weight is 419 g/mol. The van der Waals surface area contributed by atoms with Crippen LogP contribution < -0.4 is 0 Å². The summed E-state index contributed by atoms with van der Waals surface area (Å²) in [6.45, 7) is 1.33. The summed E-state index contributed by atoms with van der Waals surface area (Å²) in [5.41, 5.74) is 0. The maximum atomic E-state index is 11.9. The van der Waals surface area contributed by atoms with Crippen LogP contribution in [0.5, 0.6) is 0 Å². The Balaban J connectivity index is 0.921. The van der Waals surface area contributed by atoms with Gasteiger partial charge in [0.2, 0.25) is 0 Å². The zero-order valence-electron chi connectivity index (χ0n) is 18.8. The molecule has 4 rings (SSSR count). The van der Waals surface area contributed by atoms with Crippen LogP contribution in [0.3, 0.4) is 0 Å². The van der Waals surface area contributed by atoms with Crippen LogP contribution in [0.2, 0.25) is 0 Å². The van der Waals surface area contributed by atoms with Gasteiger partial charge in [-0.15, -0.1) is 0 Å². The lowest BCUT2D eigenvalue weighted by molar-refractivity contribution is -0.146. The molecule has 4 heteroatoms. The van der Waals surface area contributed by atoms with Crippen LogP contribution in [0.15, 0.2) is 0 Å². The summed E-state index contributed by atoms with van der Waals surface area (Å²) in [7, 11) is 0. The summed E-state index contributed by atoms with van der Waals surface area (Å²) < 4.78 is 11.1. The maximum absolute atomic E-state index is 11.9. The second-order valence-corrected chi connectivity index (χ2v) is 10.9. The van der Waals surface area contributed by atoms with Crippen molar-refractivity contribution in [3.05, 3.63) is 0 Å². The third-order valence-electron chi connectivity index (χ3n) is 8.70. The van der Waals surface area contributed by atoms with Crippen molar-refractivity contribution < 1.29 is 19.1 Å². The molecule has 6 unspecified atom stereocenters. The second-order valence-electron chi connectivity index (χ2n) is 10.9. The van der Waals surface area contributed by atoms with Gasteiger partial charge in [0.1, 0.15) is 0 Å². The largest absolute Gasteiger partial charge is 0.465 e. The second kappa shape index (κ2) is 11.0. The van der Waals surface area contributed by atoms with Crippen molar-refractivity contribution in [2.75, 3.05) is 13.2 Å². The van der Waals surface area contributed by atoms with Gasteiger partial charge in [-0.05, 0) is 86.9 Å². The molecule has 0 N–H and O–H groups in total. The minimum atomic E-state index is -0.00370. The van der Waals surface area contributed by atoms with E-state index in [-0.39, 0.29) is 11.9 Å². The molecule has 4 fully saturated rings. The molecule has 170 valence electrons. The first kappa shape index (κ1) is 22.1. The molecule has 0 radical (unpaired) electrons. The van der Waals surface area contributed by atoms with Gasteiger partial charge in [0.25, 0.3) is 0 Å². The molecule has 0 aromatic heterocycles. The number of hydrogen-bond donors (Lipinski definition) is 0. The summed E-state index contributed by atoms with van der Waals surface area (Å²) in [6, 6.07) is 0. The molecule has 4 saturated carbocycles. The first-order chi connectivity index (χ1) is 14.7. The SMILES string of the molecule is O=C(CCCCCCCCC(=O)OCC1CC2CCC1C2)OCC1CC2CCC1C2. The highest BCUT2D eigenvalue weighted by Gasteiger charge is 2.40. The highest BCUT2D eigenvalue weighted by molar-refractivity contribution is 5.69. The van der Waals surface area contributed by atoms with E-state index in [2.05, 4.69) is 0 Å². The lowest BCUT2D eigenvalue weighted by Crippen LogP contribution is -2.19. The number of carbonyl (C=O) groups is 2. The van der Waals surface area contributed by atoms with E-state index in [1.807, 2.05) is 0 Å². The van der Waals surface area contributed by atoms with Gasteiger partial charge in [0.05, 0.1) is 13.2 Å². The molecular formula is C26H42O4. The normalized spacial score (nSPS) is 33.9. The van der Waals surface area contributed by atoms with Crippen LogP contribution in [0.25, 0.3) is 0 Å². The highest BCUT2D eigenvalue weighted by Crippen LogP contribution is 2.49. The monoisotopic (exact) mass is 418 g/mol. The molecule has 0 aromatic rings. The zero-order valence-corrected chi connectivity index (χ0v) is 18.8. The molecule has 6 atom stereocenters. The minimum Gasteiger partial charge on any atom is -0.465 e. The van der Waals surface area contributed by atoms with Crippen LogP contribution in [-0.2, 0) is 19.1 Å². The molecule has 4 bridgehead atoms. The fraction of sp³-hybridized carbons (Fsp3) is 0.923. The lowest BCUT2D eigenvalue weighted by Gasteiger charge is -2.21. The number of hydrogen-bond acceptors (Lipinski definition) is 4. The number of rotatable bonds is 13. The molecule has 30 heavy (non-hydrogen) atoms. The van der Waals surface area contributed by atoms with Crippen molar-refractivity contribution in [1.29, 1.82) is 0 Å². The van der Waals surface area contributed by atoms with Crippen LogP contribution in [-0.4, -0.2) is 25.2 Å². The number of unbranched alkanes of at least 4 members (excludes halogenated alkanes) is 5. The topological polar surface area (TPSA) is 52.6 Å². The third kappa shape index (κ3) is 6.23. The first-order valence-electron chi connectivity index (χ1n) is 13.0.